The zero-order valence-electron chi connectivity index (χ0n) is 9.49. The van der Waals surface area contributed by atoms with Crippen LogP contribution in [0.5, 0.6) is 0 Å². The van der Waals surface area contributed by atoms with Crippen LogP contribution < -0.4 is 0 Å². The van der Waals surface area contributed by atoms with E-state index in [0.29, 0.717) is 0 Å². The number of rotatable bonds is 2. The predicted octanol–water partition coefficient (Wildman–Crippen LogP) is 4.17. The summed E-state index contributed by atoms with van der Waals surface area (Å²) < 4.78 is 0. The molecular formula is C14H18Fe. The van der Waals surface area contributed by atoms with Gasteiger partial charge in [-0.05, 0) is 0 Å². The molecule has 1 heteroatoms. The Morgan fingerprint density at radius 3 is 1.47 bits per heavy atom. The molecule has 0 fully saturated rings. The van der Waals surface area contributed by atoms with Crippen LogP contribution in [0.15, 0.2) is 35.5 Å². The van der Waals surface area contributed by atoms with Crippen molar-refractivity contribution in [1.82, 2.24) is 0 Å². The molecule has 0 aromatic heterocycles. The van der Waals surface area contributed by atoms with E-state index in [1.807, 2.05) is 0 Å². The molecule has 0 unspecified atom stereocenters. The molecule has 0 saturated carbocycles. The molecule has 2 aliphatic rings. The van der Waals surface area contributed by atoms with Crippen molar-refractivity contribution in [2.75, 3.05) is 0 Å². The molecule has 2 aliphatic carbocycles. The van der Waals surface area contributed by atoms with Crippen LogP contribution in [0.1, 0.15) is 39.5 Å². The van der Waals surface area contributed by atoms with Gasteiger partial charge in [-0.1, -0.05) is 26.7 Å². The van der Waals surface area contributed by atoms with Crippen molar-refractivity contribution in [2.45, 2.75) is 39.5 Å². The van der Waals surface area contributed by atoms with E-state index in [9.17, 15) is 0 Å². The SMILES string of the molecule is CCC1=[C-]CC=C1.CCC1=[C-]CC=C1.[Fe+2]. The third-order valence-corrected chi connectivity index (χ3v) is 2.29. The molecule has 0 spiro atoms. The summed E-state index contributed by atoms with van der Waals surface area (Å²) in [6, 6.07) is 0. The minimum Gasteiger partial charge on any atom is -0.270 e. The standard InChI is InChI=1S/2C7H9.Fe/c2*1-2-7-5-3-4-6-7;/h2*3,5H,2,4H2,1H3;/q2*-1;+2. The second kappa shape index (κ2) is 8.76. The van der Waals surface area contributed by atoms with E-state index in [4.69, 9.17) is 0 Å². The monoisotopic (exact) mass is 242 g/mol. The molecule has 0 aliphatic heterocycles. The fourth-order valence-corrected chi connectivity index (χ4v) is 1.39. The summed E-state index contributed by atoms with van der Waals surface area (Å²) in [5.74, 6) is 0. The molecule has 0 amide bonds. The second-order valence-electron chi connectivity index (χ2n) is 3.32. The van der Waals surface area contributed by atoms with Crippen LogP contribution in [0, 0.1) is 12.2 Å². The topological polar surface area (TPSA) is 0 Å². The van der Waals surface area contributed by atoms with Crippen molar-refractivity contribution in [3.05, 3.63) is 47.6 Å². The average Bonchev–Trinajstić information content (AvgIpc) is 2.92. The summed E-state index contributed by atoms with van der Waals surface area (Å²) in [6.07, 6.45) is 19.3. The van der Waals surface area contributed by atoms with Gasteiger partial charge in [-0.25, -0.2) is 23.3 Å². The largest absolute Gasteiger partial charge is 2.00 e. The van der Waals surface area contributed by atoms with Crippen molar-refractivity contribution in [2.24, 2.45) is 0 Å². The van der Waals surface area contributed by atoms with Gasteiger partial charge in [0.25, 0.3) is 0 Å². The fraction of sp³-hybridized carbons (Fsp3) is 0.429. The van der Waals surface area contributed by atoms with E-state index in [0.717, 1.165) is 25.7 Å². The minimum atomic E-state index is 0. The van der Waals surface area contributed by atoms with Gasteiger partial charge in [0.05, 0.1) is 0 Å². The van der Waals surface area contributed by atoms with Crippen LogP contribution in [0.25, 0.3) is 0 Å². The van der Waals surface area contributed by atoms with Gasteiger partial charge in [0.1, 0.15) is 0 Å². The van der Waals surface area contributed by atoms with E-state index >= 15 is 0 Å². The van der Waals surface area contributed by atoms with Crippen LogP contribution in [0.4, 0.5) is 0 Å². The Morgan fingerprint density at radius 2 is 1.33 bits per heavy atom. The summed E-state index contributed by atoms with van der Waals surface area (Å²) in [5, 5.41) is 0. The molecule has 0 aromatic rings. The van der Waals surface area contributed by atoms with Gasteiger partial charge in [-0.2, -0.15) is 12.2 Å². The van der Waals surface area contributed by atoms with E-state index in [1.54, 1.807) is 0 Å². The third kappa shape index (κ3) is 5.81. The van der Waals surface area contributed by atoms with Crippen molar-refractivity contribution in [3.63, 3.8) is 0 Å². The number of hydrogen-bond acceptors (Lipinski definition) is 0. The fourth-order valence-electron chi connectivity index (χ4n) is 1.39. The molecule has 0 saturated heterocycles. The van der Waals surface area contributed by atoms with Crippen molar-refractivity contribution in [1.29, 1.82) is 0 Å². The van der Waals surface area contributed by atoms with E-state index < -0.39 is 0 Å². The second-order valence-corrected chi connectivity index (χ2v) is 3.32. The van der Waals surface area contributed by atoms with E-state index in [2.05, 4.69) is 50.3 Å². The van der Waals surface area contributed by atoms with Gasteiger partial charge < -0.3 is 0 Å². The molecule has 0 aromatic carbocycles. The third-order valence-electron chi connectivity index (χ3n) is 2.29. The van der Waals surface area contributed by atoms with Crippen molar-refractivity contribution >= 4 is 0 Å². The average molecular weight is 242 g/mol. The molecule has 15 heavy (non-hydrogen) atoms. The van der Waals surface area contributed by atoms with Gasteiger partial charge in [0.15, 0.2) is 0 Å². The molecule has 0 radical (unpaired) electrons. The Hall–Kier alpha value is -0.521. The molecule has 0 atom stereocenters. The molecular weight excluding hydrogens is 224 g/mol. The van der Waals surface area contributed by atoms with Crippen LogP contribution in [0.3, 0.4) is 0 Å². The molecule has 0 bridgehead atoms. The Morgan fingerprint density at radius 1 is 0.933 bits per heavy atom. The Bertz CT molecular complexity index is 250. The molecule has 2 rings (SSSR count). The van der Waals surface area contributed by atoms with Crippen molar-refractivity contribution < 1.29 is 17.1 Å². The first-order valence-corrected chi connectivity index (χ1v) is 5.39. The van der Waals surface area contributed by atoms with Crippen LogP contribution in [0.2, 0.25) is 0 Å². The maximum absolute atomic E-state index is 3.21. The van der Waals surface area contributed by atoms with Gasteiger partial charge in [-0.15, -0.1) is 12.8 Å². The summed E-state index contributed by atoms with van der Waals surface area (Å²) >= 11 is 0. The summed E-state index contributed by atoms with van der Waals surface area (Å²) in [4.78, 5) is 0. The van der Waals surface area contributed by atoms with Crippen LogP contribution >= 0.6 is 0 Å². The maximum atomic E-state index is 3.21. The van der Waals surface area contributed by atoms with Crippen LogP contribution in [-0.4, -0.2) is 0 Å². The van der Waals surface area contributed by atoms with E-state index in [-0.39, 0.29) is 17.1 Å². The predicted molar refractivity (Wildman–Crippen MR) is 61.6 cm³/mol. The number of allylic oxidation sites excluding steroid dienone is 8. The minimum absolute atomic E-state index is 0. The molecule has 82 valence electrons. The summed E-state index contributed by atoms with van der Waals surface area (Å²) in [5.41, 5.74) is 2.72. The Labute approximate surface area is 104 Å². The van der Waals surface area contributed by atoms with Gasteiger partial charge >= 0.3 is 17.1 Å². The Kier molecular flexibility index (Phi) is 8.46. The first-order chi connectivity index (χ1) is 6.86. The zero-order valence-corrected chi connectivity index (χ0v) is 10.6. The van der Waals surface area contributed by atoms with Gasteiger partial charge in [0, 0.05) is 0 Å². The smallest absolute Gasteiger partial charge is 0.270 e. The molecule has 0 heterocycles. The van der Waals surface area contributed by atoms with E-state index in [1.165, 1.54) is 11.1 Å². The van der Waals surface area contributed by atoms with Gasteiger partial charge in [0.2, 0.25) is 0 Å². The van der Waals surface area contributed by atoms with Crippen molar-refractivity contribution in [3.8, 4) is 0 Å². The molecule has 0 N–H and O–H groups in total. The molecule has 0 nitrogen and oxygen atoms in total. The Balaban J connectivity index is 0.000000245. The zero-order chi connectivity index (χ0) is 10.2. The van der Waals surface area contributed by atoms with Gasteiger partial charge in [-0.3, -0.25) is 12.2 Å². The maximum Gasteiger partial charge on any atom is 2.00 e. The first kappa shape index (κ1) is 14.5. The quantitative estimate of drug-likeness (QED) is 0.503. The van der Waals surface area contributed by atoms with Crippen LogP contribution in [-0.2, 0) is 17.1 Å². The first-order valence-electron chi connectivity index (χ1n) is 5.39. The number of hydrogen-bond donors (Lipinski definition) is 0. The normalized spacial score (nSPS) is 16.4. The summed E-state index contributed by atoms with van der Waals surface area (Å²) in [6.45, 7) is 4.30. The summed E-state index contributed by atoms with van der Waals surface area (Å²) in [7, 11) is 0.